The minimum Gasteiger partial charge on any atom is -0.435 e. The van der Waals surface area contributed by atoms with E-state index in [4.69, 9.17) is 4.74 Å². The van der Waals surface area contributed by atoms with E-state index in [1.807, 2.05) is 12.2 Å². The molecular weight excluding hydrogens is 342 g/mol. The van der Waals surface area contributed by atoms with Crippen molar-refractivity contribution in [3.8, 4) is 5.75 Å². The SMILES string of the molecule is C[Si](C)(C)CCOCC1CC=CC(c2cccc(OC(F)F)c2)C1=O. The first-order chi connectivity index (χ1) is 11.8. The number of carbonyl (C=O) groups excluding carboxylic acids is 1. The molecule has 1 aromatic rings. The molecule has 1 aliphatic rings. The van der Waals surface area contributed by atoms with Crippen LogP contribution < -0.4 is 4.74 Å². The third-order valence-corrected chi connectivity index (χ3v) is 5.92. The van der Waals surface area contributed by atoms with Crippen molar-refractivity contribution in [2.45, 2.75) is 44.6 Å². The maximum atomic E-state index is 12.7. The fraction of sp³-hybridized carbons (Fsp3) is 0.526. The van der Waals surface area contributed by atoms with Gasteiger partial charge in [-0.15, -0.1) is 0 Å². The lowest BCUT2D eigenvalue weighted by molar-refractivity contribution is -0.125. The molecule has 0 saturated heterocycles. The number of rotatable bonds is 8. The van der Waals surface area contributed by atoms with Gasteiger partial charge in [-0.25, -0.2) is 0 Å². The number of halogens is 2. The molecule has 2 unspecified atom stereocenters. The van der Waals surface area contributed by atoms with E-state index in [1.54, 1.807) is 12.1 Å². The van der Waals surface area contributed by atoms with Crippen molar-refractivity contribution in [2.75, 3.05) is 13.2 Å². The molecule has 25 heavy (non-hydrogen) atoms. The van der Waals surface area contributed by atoms with E-state index in [1.165, 1.54) is 12.1 Å². The van der Waals surface area contributed by atoms with Crippen LogP contribution in [0.5, 0.6) is 5.75 Å². The zero-order valence-corrected chi connectivity index (χ0v) is 16.0. The second kappa shape index (κ2) is 8.72. The molecule has 0 N–H and O–H groups in total. The van der Waals surface area contributed by atoms with E-state index >= 15 is 0 Å². The fourth-order valence-electron chi connectivity index (χ4n) is 2.76. The van der Waals surface area contributed by atoms with Crippen LogP contribution in [0.1, 0.15) is 17.9 Å². The Balaban J connectivity index is 1.97. The van der Waals surface area contributed by atoms with Crippen molar-refractivity contribution in [1.29, 1.82) is 0 Å². The quantitative estimate of drug-likeness (QED) is 0.373. The molecule has 0 bridgehead atoms. The van der Waals surface area contributed by atoms with Gasteiger partial charge in [-0.3, -0.25) is 4.79 Å². The van der Waals surface area contributed by atoms with E-state index in [9.17, 15) is 13.6 Å². The van der Waals surface area contributed by atoms with Gasteiger partial charge in [0.1, 0.15) is 11.5 Å². The Kier molecular flexibility index (Phi) is 6.90. The first-order valence-electron chi connectivity index (χ1n) is 8.59. The van der Waals surface area contributed by atoms with Gasteiger partial charge in [0.15, 0.2) is 0 Å². The lowest BCUT2D eigenvalue weighted by Gasteiger charge is -2.24. The van der Waals surface area contributed by atoms with Gasteiger partial charge in [0.25, 0.3) is 0 Å². The number of ketones is 1. The average Bonchev–Trinajstić information content (AvgIpc) is 2.51. The Hall–Kier alpha value is -1.53. The molecule has 0 fully saturated rings. The Labute approximate surface area is 149 Å². The van der Waals surface area contributed by atoms with Crippen LogP contribution in [-0.2, 0) is 9.53 Å². The van der Waals surface area contributed by atoms with Crippen LogP contribution >= 0.6 is 0 Å². The molecule has 0 aliphatic heterocycles. The van der Waals surface area contributed by atoms with Gasteiger partial charge in [0.2, 0.25) is 0 Å². The van der Waals surface area contributed by atoms with E-state index in [-0.39, 0.29) is 17.5 Å². The van der Waals surface area contributed by atoms with Crippen molar-refractivity contribution in [1.82, 2.24) is 0 Å². The van der Waals surface area contributed by atoms with Crippen molar-refractivity contribution in [3.63, 3.8) is 0 Å². The summed E-state index contributed by atoms with van der Waals surface area (Å²) in [4.78, 5) is 12.7. The highest BCUT2D eigenvalue weighted by atomic mass is 28.3. The molecule has 1 aliphatic carbocycles. The Bertz CT molecular complexity index is 611. The number of allylic oxidation sites excluding steroid dienone is 2. The number of carbonyl (C=O) groups is 1. The lowest BCUT2D eigenvalue weighted by atomic mass is 9.81. The van der Waals surface area contributed by atoms with Crippen molar-refractivity contribution in [3.05, 3.63) is 42.0 Å². The summed E-state index contributed by atoms with van der Waals surface area (Å²) in [5.41, 5.74) is 0.672. The summed E-state index contributed by atoms with van der Waals surface area (Å²) in [6.45, 7) is 5.09. The molecule has 0 amide bonds. The topological polar surface area (TPSA) is 35.5 Å². The van der Waals surface area contributed by atoms with Gasteiger partial charge in [0, 0.05) is 20.6 Å². The lowest BCUT2D eigenvalue weighted by Crippen LogP contribution is -2.29. The third-order valence-electron chi connectivity index (χ3n) is 4.22. The van der Waals surface area contributed by atoms with Crippen LogP contribution in [0.25, 0.3) is 0 Å². The summed E-state index contributed by atoms with van der Waals surface area (Å²) < 4.78 is 34.9. The molecule has 0 heterocycles. The number of benzene rings is 1. The second-order valence-corrected chi connectivity index (χ2v) is 13.2. The predicted octanol–water partition coefficient (Wildman–Crippen LogP) is 4.87. The molecule has 0 radical (unpaired) electrons. The maximum absolute atomic E-state index is 12.7. The summed E-state index contributed by atoms with van der Waals surface area (Å²) in [6, 6.07) is 7.43. The highest BCUT2D eigenvalue weighted by molar-refractivity contribution is 6.76. The molecule has 2 rings (SSSR count). The van der Waals surface area contributed by atoms with E-state index < -0.39 is 20.6 Å². The number of hydrogen-bond acceptors (Lipinski definition) is 3. The molecule has 1 aromatic carbocycles. The summed E-state index contributed by atoms with van der Waals surface area (Å²) in [5, 5.41) is 0. The predicted molar refractivity (Wildman–Crippen MR) is 97.0 cm³/mol. The summed E-state index contributed by atoms with van der Waals surface area (Å²) in [6.07, 6.45) is 4.47. The van der Waals surface area contributed by atoms with Gasteiger partial charge in [-0.1, -0.05) is 43.9 Å². The second-order valence-electron chi connectivity index (χ2n) is 7.58. The van der Waals surface area contributed by atoms with Gasteiger partial charge in [-0.05, 0) is 30.2 Å². The molecule has 0 spiro atoms. The van der Waals surface area contributed by atoms with Crippen LogP contribution in [-0.4, -0.2) is 33.7 Å². The highest BCUT2D eigenvalue weighted by Crippen LogP contribution is 2.31. The number of hydrogen-bond donors (Lipinski definition) is 0. The average molecular weight is 368 g/mol. The van der Waals surface area contributed by atoms with Gasteiger partial charge >= 0.3 is 6.61 Å². The van der Waals surface area contributed by atoms with Crippen molar-refractivity contribution < 1.29 is 23.0 Å². The summed E-state index contributed by atoms with van der Waals surface area (Å²) >= 11 is 0. The van der Waals surface area contributed by atoms with Crippen molar-refractivity contribution >= 4 is 13.9 Å². The minimum atomic E-state index is -2.87. The van der Waals surface area contributed by atoms with Gasteiger partial charge in [0.05, 0.1) is 12.5 Å². The molecule has 138 valence electrons. The largest absolute Gasteiger partial charge is 0.435 e. The fourth-order valence-corrected chi connectivity index (χ4v) is 3.51. The minimum absolute atomic E-state index is 0.0715. The van der Waals surface area contributed by atoms with E-state index in [0.29, 0.717) is 25.2 Å². The van der Waals surface area contributed by atoms with Crippen LogP contribution in [0, 0.1) is 5.92 Å². The summed E-state index contributed by atoms with van der Waals surface area (Å²) in [7, 11) is -1.15. The Morgan fingerprint density at radius 3 is 2.72 bits per heavy atom. The number of Topliss-reactive ketones (excluding diaryl/α,β-unsaturated/α-hetero) is 1. The van der Waals surface area contributed by atoms with Gasteiger partial charge < -0.3 is 9.47 Å². The Morgan fingerprint density at radius 2 is 2.04 bits per heavy atom. The monoisotopic (exact) mass is 368 g/mol. The Morgan fingerprint density at radius 1 is 1.28 bits per heavy atom. The van der Waals surface area contributed by atoms with Crippen LogP contribution in [0.3, 0.4) is 0 Å². The van der Waals surface area contributed by atoms with Crippen molar-refractivity contribution in [2.24, 2.45) is 5.92 Å². The smallest absolute Gasteiger partial charge is 0.387 e. The van der Waals surface area contributed by atoms with Crippen LogP contribution in [0.2, 0.25) is 25.7 Å². The number of alkyl halides is 2. The van der Waals surface area contributed by atoms with Crippen LogP contribution in [0.15, 0.2) is 36.4 Å². The first-order valence-corrected chi connectivity index (χ1v) is 12.3. The first kappa shape index (κ1) is 19.8. The normalized spacial score (nSPS) is 21.0. The molecule has 0 aromatic heterocycles. The van der Waals surface area contributed by atoms with E-state index in [2.05, 4.69) is 24.4 Å². The van der Waals surface area contributed by atoms with Crippen LogP contribution in [0.4, 0.5) is 8.78 Å². The standard InChI is InChI=1S/C19H26F2O3Si/c1-25(2,3)11-10-23-13-15-7-5-9-17(18(15)22)14-6-4-8-16(12-14)24-19(20)21/h4-6,8-9,12,15,17,19H,7,10-11,13H2,1-3H3. The van der Waals surface area contributed by atoms with E-state index in [0.717, 1.165) is 6.04 Å². The third kappa shape index (κ3) is 6.36. The summed E-state index contributed by atoms with van der Waals surface area (Å²) in [5.74, 6) is -0.469. The zero-order chi connectivity index (χ0) is 18.4. The highest BCUT2D eigenvalue weighted by Gasteiger charge is 2.29. The molecule has 0 saturated carbocycles. The molecule has 2 atom stereocenters. The zero-order valence-electron chi connectivity index (χ0n) is 15.0. The van der Waals surface area contributed by atoms with Gasteiger partial charge in [-0.2, -0.15) is 8.78 Å². The molecule has 3 nitrogen and oxygen atoms in total. The number of ether oxygens (including phenoxy) is 2. The molecule has 6 heteroatoms. The maximum Gasteiger partial charge on any atom is 0.387 e. The molecular formula is C19H26F2O3Si.